The molecule has 1 aliphatic carbocycles. The summed E-state index contributed by atoms with van der Waals surface area (Å²) in [5.74, 6) is -0.557. The first kappa shape index (κ1) is 12.6. The number of hydrogen-bond acceptors (Lipinski definition) is 2. The second-order valence-electron chi connectivity index (χ2n) is 5.38. The summed E-state index contributed by atoms with van der Waals surface area (Å²) in [6.45, 7) is 0. The summed E-state index contributed by atoms with van der Waals surface area (Å²) in [5, 5.41) is 10.3. The van der Waals surface area contributed by atoms with Gasteiger partial charge in [-0.25, -0.2) is 0 Å². The fraction of sp³-hybridized carbons (Fsp3) is 0.0526. The number of fused-ring (bicyclic) bond motifs is 3. The minimum Gasteiger partial charge on any atom is -0.355 e. The lowest BCUT2D eigenvalue weighted by atomic mass is 9.80. The molecule has 22 heavy (non-hydrogen) atoms. The Bertz CT molecular complexity index is 958. The molecule has 1 aliphatic rings. The lowest BCUT2D eigenvalue weighted by Gasteiger charge is -2.20. The molecule has 0 amide bonds. The molecule has 0 aliphatic heterocycles. The average Bonchev–Trinajstić information content (AvgIpc) is 2.93. The van der Waals surface area contributed by atoms with Crippen LogP contribution in [0.4, 0.5) is 0 Å². The number of para-hydroxylation sites is 1. The predicted molar refractivity (Wildman–Crippen MR) is 85.2 cm³/mol. The number of ketones is 1. The minimum atomic E-state index is -0.424. The van der Waals surface area contributed by atoms with Gasteiger partial charge in [-0.15, -0.1) is 0 Å². The molecular weight excluding hydrogens is 272 g/mol. The Balaban J connectivity index is 2.06. The van der Waals surface area contributed by atoms with Crippen molar-refractivity contribution in [2.45, 2.75) is 5.92 Å². The van der Waals surface area contributed by atoms with Crippen molar-refractivity contribution in [3.8, 4) is 6.07 Å². The lowest BCUT2D eigenvalue weighted by Crippen LogP contribution is -2.19. The molecule has 0 radical (unpaired) electrons. The number of Topliss-reactive ketones (excluding diaryl/α,β-unsaturated/α-hetero) is 1. The van der Waals surface area contributed by atoms with Crippen molar-refractivity contribution in [2.75, 3.05) is 0 Å². The fourth-order valence-corrected chi connectivity index (χ4v) is 3.16. The SMILES string of the molecule is N#CC1=Cc2[nH]c3ccccc3c2C(c2ccccc2)C1=O. The first-order valence-electron chi connectivity index (χ1n) is 7.11. The van der Waals surface area contributed by atoms with Crippen LogP contribution in [0, 0.1) is 11.3 Å². The zero-order valence-electron chi connectivity index (χ0n) is 11.7. The number of benzene rings is 2. The first-order valence-corrected chi connectivity index (χ1v) is 7.11. The second-order valence-corrected chi connectivity index (χ2v) is 5.38. The molecule has 1 aromatic heterocycles. The van der Waals surface area contributed by atoms with Gasteiger partial charge in [0.2, 0.25) is 0 Å². The fourth-order valence-electron chi connectivity index (χ4n) is 3.16. The highest BCUT2D eigenvalue weighted by Gasteiger charge is 2.33. The van der Waals surface area contributed by atoms with E-state index < -0.39 is 5.92 Å². The summed E-state index contributed by atoms with van der Waals surface area (Å²) >= 11 is 0. The van der Waals surface area contributed by atoms with Gasteiger partial charge in [0.15, 0.2) is 5.78 Å². The topological polar surface area (TPSA) is 56.6 Å². The van der Waals surface area contributed by atoms with Gasteiger partial charge in [-0.05, 0) is 17.7 Å². The number of carbonyl (C=O) groups is 1. The molecule has 1 N–H and O–H groups in total. The van der Waals surface area contributed by atoms with Crippen molar-refractivity contribution in [1.82, 2.24) is 4.98 Å². The van der Waals surface area contributed by atoms with Crippen molar-refractivity contribution in [2.24, 2.45) is 0 Å². The van der Waals surface area contributed by atoms with Gasteiger partial charge in [0.1, 0.15) is 6.07 Å². The van der Waals surface area contributed by atoms with Gasteiger partial charge in [-0.2, -0.15) is 5.26 Å². The third-order valence-electron chi connectivity index (χ3n) is 4.14. The predicted octanol–water partition coefficient (Wildman–Crippen LogP) is 3.79. The van der Waals surface area contributed by atoms with Gasteiger partial charge in [0.05, 0.1) is 11.5 Å². The Kier molecular flexibility index (Phi) is 2.70. The van der Waals surface area contributed by atoms with Crippen LogP contribution < -0.4 is 0 Å². The van der Waals surface area contributed by atoms with Crippen LogP contribution in [0.2, 0.25) is 0 Å². The normalized spacial score (nSPS) is 17.0. The average molecular weight is 284 g/mol. The van der Waals surface area contributed by atoms with Crippen molar-refractivity contribution in [1.29, 1.82) is 5.26 Å². The Morgan fingerprint density at radius 1 is 1.00 bits per heavy atom. The van der Waals surface area contributed by atoms with Crippen molar-refractivity contribution < 1.29 is 4.79 Å². The number of nitrogens with zero attached hydrogens (tertiary/aromatic N) is 1. The van der Waals surface area contributed by atoms with Gasteiger partial charge >= 0.3 is 0 Å². The molecule has 1 unspecified atom stereocenters. The van der Waals surface area contributed by atoms with Crippen LogP contribution in [-0.2, 0) is 4.79 Å². The van der Waals surface area contributed by atoms with Crippen molar-refractivity contribution >= 4 is 22.8 Å². The number of H-pyrrole nitrogens is 1. The molecular formula is C19H12N2O. The van der Waals surface area contributed by atoms with Gasteiger partial charge in [-0.3, -0.25) is 4.79 Å². The lowest BCUT2D eigenvalue weighted by molar-refractivity contribution is -0.115. The molecule has 0 saturated carbocycles. The zero-order valence-corrected chi connectivity index (χ0v) is 11.7. The second kappa shape index (κ2) is 4.71. The largest absolute Gasteiger partial charge is 0.355 e. The number of carbonyl (C=O) groups excluding carboxylic acids is 1. The van der Waals surface area contributed by atoms with E-state index in [2.05, 4.69) is 4.98 Å². The number of nitrogens with one attached hydrogen (secondary N) is 1. The Hall–Kier alpha value is -3.12. The highest BCUT2D eigenvalue weighted by atomic mass is 16.1. The molecule has 1 atom stereocenters. The summed E-state index contributed by atoms with van der Waals surface area (Å²) in [4.78, 5) is 16.1. The maximum atomic E-state index is 12.8. The highest BCUT2D eigenvalue weighted by molar-refractivity contribution is 6.14. The van der Waals surface area contributed by atoms with E-state index in [1.165, 1.54) is 0 Å². The molecule has 3 heteroatoms. The Morgan fingerprint density at radius 2 is 1.73 bits per heavy atom. The van der Waals surface area contributed by atoms with E-state index in [0.717, 1.165) is 27.7 Å². The molecule has 3 nitrogen and oxygen atoms in total. The third-order valence-corrected chi connectivity index (χ3v) is 4.14. The Morgan fingerprint density at radius 3 is 2.50 bits per heavy atom. The third kappa shape index (κ3) is 1.71. The molecule has 104 valence electrons. The van der Waals surface area contributed by atoms with E-state index in [4.69, 9.17) is 0 Å². The van der Waals surface area contributed by atoms with Crippen LogP contribution >= 0.6 is 0 Å². The molecule has 3 aromatic rings. The van der Waals surface area contributed by atoms with E-state index >= 15 is 0 Å². The summed E-state index contributed by atoms with van der Waals surface area (Å²) in [7, 11) is 0. The van der Waals surface area contributed by atoms with Crippen LogP contribution in [0.15, 0.2) is 60.2 Å². The summed E-state index contributed by atoms with van der Waals surface area (Å²) in [5.41, 5.74) is 3.92. The van der Waals surface area contributed by atoms with Gasteiger partial charge < -0.3 is 4.98 Å². The molecule has 1 heterocycles. The molecule has 0 saturated heterocycles. The number of allylic oxidation sites excluding steroid dienone is 1. The summed E-state index contributed by atoms with van der Waals surface area (Å²) in [6.07, 6.45) is 1.66. The van der Waals surface area contributed by atoms with Crippen LogP contribution in [0.25, 0.3) is 17.0 Å². The quantitative estimate of drug-likeness (QED) is 0.739. The van der Waals surface area contributed by atoms with Gasteiger partial charge in [0, 0.05) is 22.2 Å². The van der Waals surface area contributed by atoms with E-state index in [9.17, 15) is 10.1 Å². The number of rotatable bonds is 1. The van der Waals surface area contributed by atoms with E-state index in [0.29, 0.717) is 0 Å². The zero-order chi connectivity index (χ0) is 15.1. The maximum Gasteiger partial charge on any atom is 0.185 e. The Labute approximate surface area is 127 Å². The standard InChI is InChI=1S/C19H12N2O/c20-11-13-10-16-18(14-8-4-5-9-15(14)21-16)17(19(13)22)12-6-2-1-3-7-12/h1-10,17,21H. The summed E-state index contributed by atoms with van der Waals surface area (Å²) in [6, 6.07) is 19.6. The highest BCUT2D eigenvalue weighted by Crippen LogP contribution is 2.39. The smallest absolute Gasteiger partial charge is 0.185 e. The number of aromatic nitrogens is 1. The molecule has 0 spiro atoms. The molecule has 0 fully saturated rings. The molecule has 2 aromatic carbocycles. The molecule has 0 bridgehead atoms. The van der Waals surface area contributed by atoms with Crippen LogP contribution in [0.3, 0.4) is 0 Å². The van der Waals surface area contributed by atoms with Crippen LogP contribution in [0.1, 0.15) is 22.7 Å². The van der Waals surface area contributed by atoms with E-state index in [1.54, 1.807) is 6.08 Å². The van der Waals surface area contributed by atoms with E-state index in [1.807, 2.05) is 60.7 Å². The number of hydrogen-bond donors (Lipinski definition) is 1. The van der Waals surface area contributed by atoms with Crippen molar-refractivity contribution in [3.63, 3.8) is 0 Å². The minimum absolute atomic E-state index is 0.133. The van der Waals surface area contributed by atoms with Gasteiger partial charge in [-0.1, -0.05) is 48.5 Å². The van der Waals surface area contributed by atoms with Gasteiger partial charge in [0.25, 0.3) is 0 Å². The monoisotopic (exact) mass is 284 g/mol. The number of nitriles is 1. The summed E-state index contributed by atoms with van der Waals surface area (Å²) < 4.78 is 0. The van der Waals surface area contributed by atoms with Crippen molar-refractivity contribution in [3.05, 3.63) is 77.0 Å². The van der Waals surface area contributed by atoms with E-state index in [-0.39, 0.29) is 11.4 Å². The first-order chi connectivity index (χ1) is 10.8. The maximum absolute atomic E-state index is 12.8. The number of aromatic amines is 1. The van der Waals surface area contributed by atoms with Crippen LogP contribution in [0.5, 0.6) is 0 Å². The molecule has 4 rings (SSSR count). The van der Waals surface area contributed by atoms with Crippen LogP contribution in [-0.4, -0.2) is 10.8 Å².